The highest BCUT2D eigenvalue weighted by Crippen LogP contribution is 2.23. The van der Waals surface area contributed by atoms with E-state index in [2.05, 4.69) is 22.8 Å². The Morgan fingerprint density at radius 2 is 2.18 bits per heavy atom. The minimum Gasteiger partial charge on any atom is -0.321 e. The molecule has 1 aromatic carbocycles. The molecule has 2 aromatic rings. The number of nitrogens with zero attached hydrogens (tertiary/aromatic N) is 1. The van der Waals surface area contributed by atoms with Gasteiger partial charge in [-0.25, -0.2) is 5.43 Å². The molecule has 0 aliphatic rings. The fraction of sp³-hybridized carbons (Fsp3) is 0.308. The van der Waals surface area contributed by atoms with Gasteiger partial charge in [-0.1, -0.05) is 24.9 Å². The first-order chi connectivity index (χ1) is 8.31. The molecule has 0 amide bonds. The third-order valence-corrected chi connectivity index (χ3v) is 2.82. The predicted molar refractivity (Wildman–Crippen MR) is 73.3 cm³/mol. The van der Waals surface area contributed by atoms with E-state index in [1.165, 1.54) is 6.42 Å². The molecule has 0 radical (unpaired) electrons. The molecule has 1 heterocycles. The van der Waals surface area contributed by atoms with Crippen molar-refractivity contribution < 1.29 is 0 Å². The number of unbranched alkanes of at least 4 members (excludes halogenated alkanes) is 1. The van der Waals surface area contributed by atoms with Crippen LogP contribution in [0.2, 0.25) is 5.02 Å². The molecule has 0 unspecified atom stereocenters. The summed E-state index contributed by atoms with van der Waals surface area (Å²) in [4.78, 5) is 4.29. The third-order valence-electron chi connectivity index (χ3n) is 2.58. The minimum absolute atomic E-state index is 0.709. The fourth-order valence-corrected chi connectivity index (χ4v) is 1.82. The van der Waals surface area contributed by atoms with E-state index in [4.69, 9.17) is 11.6 Å². The summed E-state index contributed by atoms with van der Waals surface area (Å²) >= 11 is 5.94. The minimum atomic E-state index is 0.709. The van der Waals surface area contributed by atoms with Crippen LogP contribution in [0.5, 0.6) is 0 Å². The second-order valence-corrected chi connectivity index (χ2v) is 4.36. The second kappa shape index (κ2) is 5.84. The van der Waals surface area contributed by atoms with E-state index in [-0.39, 0.29) is 0 Å². The molecule has 0 bridgehead atoms. The van der Waals surface area contributed by atoms with Gasteiger partial charge < -0.3 is 5.43 Å². The molecule has 0 saturated carbocycles. The molecule has 0 aliphatic heterocycles. The van der Waals surface area contributed by atoms with Gasteiger partial charge in [-0.15, -0.1) is 0 Å². The van der Waals surface area contributed by atoms with Gasteiger partial charge in [-0.2, -0.15) is 0 Å². The van der Waals surface area contributed by atoms with Gasteiger partial charge in [0, 0.05) is 23.2 Å². The van der Waals surface area contributed by atoms with E-state index in [1.807, 2.05) is 24.3 Å². The molecule has 17 heavy (non-hydrogen) atoms. The first-order valence-electron chi connectivity index (χ1n) is 5.84. The van der Waals surface area contributed by atoms with Crippen LogP contribution in [0.25, 0.3) is 10.9 Å². The number of hydrogen-bond donors (Lipinski definition) is 2. The molecule has 3 nitrogen and oxygen atoms in total. The third kappa shape index (κ3) is 3.08. The lowest BCUT2D eigenvalue weighted by Gasteiger charge is -2.10. The zero-order valence-electron chi connectivity index (χ0n) is 9.83. The SMILES string of the molecule is CCCCNNc1ccnc2cc(Cl)ccc12. The van der Waals surface area contributed by atoms with Crippen molar-refractivity contribution in [3.63, 3.8) is 0 Å². The zero-order chi connectivity index (χ0) is 12.1. The van der Waals surface area contributed by atoms with E-state index >= 15 is 0 Å². The predicted octanol–water partition coefficient (Wildman–Crippen LogP) is 3.60. The van der Waals surface area contributed by atoms with Gasteiger partial charge in [0.2, 0.25) is 0 Å². The van der Waals surface area contributed by atoms with E-state index in [0.29, 0.717) is 5.02 Å². The van der Waals surface area contributed by atoms with Gasteiger partial charge in [-0.3, -0.25) is 4.98 Å². The Bertz CT molecular complexity index is 499. The quantitative estimate of drug-likeness (QED) is 0.628. The Morgan fingerprint density at radius 1 is 1.29 bits per heavy atom. The van der Waals surface area contributed by atoms with E-state index < -0.39 is 0 Å². The Balaban J connectivity index is 2.16. The van der Waals surface area contributed by atoms with Crippen LogP contribution in [0.3, 0.4) is 0 Å². The van der Waals surface area contributed by atoms with Gasteiger partial charge in [0.15, 0.2) is 0 Å². The van der Waals surface area contributed by atoms with E-state index in [9.17, 15) is 0 Å². The summed E-state index contributed by atoms with van der Waals surface area (Å²) < 4.78 is 0. The maximum absolute atomic E-state index is 5.94. The van der Waals surface area contributed by atoms with Crippen LogP contribution in [0.1, 0.15) is 19.8 Å². The molecule has 0 spiro atoms. The van der Waals surface area contributed by atoms with Crippen molar-refractivity contribution >= 4 is 28.2 Å². The summed E-state index contributed by atoms with van der Waals surface area (Å²) in [5.41, 5.74) is 8.34. The molecular formula is C13H16ClN3. The highest BCUT2D eigenvalue weighted by molar-refractivity contribution is 6.31. The maximum atomic E-state index is 5.94. The summed E-state index contributed by atoms with van der Waals surface area (Å²) in [6.07, 6.45) is 4.12. The monoisotopic (exact) mass is 249 g/mol. The first kappa shape index (κ1) is 12.1. The number of rotatable bonds is 5. The number of hydrazine groups is 1. The van der Waals surface area contributed by atoms with Gasteiger partial charge >= 0.3 is 0 Å². The summed E-state index contributed by atoms with van der Waals surface area (Å²) in [5, 5.41) is 1.78. The maximum Gasteiger partial charge on any atom is 0.0738 e. The first-order valence-corrected chi connectivity index (χ1v) is 6.22. The van der Waals surface area contributed by atoms with Crippen LogP contribution in [-0.4, -0.2) is 11.5 Å². The van der Waals surface area contributed by atoms with Gasteiger partial charge in [0.1, 0.15) is 0 Å². The zero-order valence-corrected chi connectivity index (χ0v) is 10.6. The van der Waals surface area contributed by atoms with Gasteiger partial charge in [0.25, 0.3) is 0 Å². The van der Waals surface area contributed by atoms with Crippen LogP contribution < -0.4 is 10.9 Å². The van der Waals surface area contributed by atoms with Crippen LogP contribution in [0, 0.1) is 0 Å². The standard InChI is InChI=1S/C13H16ClN3/c1-2-3-7-16-17-12-6-8-15-13-9-10(14)4-5-11(12)13/h4-6,8-9,16H,2-3,7H2,1H3,(H,15,17). The molecule has 1 aromatic heterocycles. The fourth-order valence-electron chi connectivity index (χ4n) is 1.65. The summed E-state index contributed by atoms with van der Waals surface area (Å²) in [6, 6.07) is 7.68. The molecule has 0 saturated heterocycles. The lowest BCUT2D eigenvalue weighted by Crippen LogP contribution is -2.22. The number of aromatic nitrogens is 1. The Kier molecular flexibility index (Phi) is 4.18. The van der Waals surface area contributed by atoms with Crippen molar-refractivity contribution in [2.45, 2.75) is 19.8 Å². The number of nitrogens with one attached hydrogen (secondary N) is 2. The highest BCUT2D eigenvalue weighted by atomic mass is 35.5. The Hall–Kier alpha value is -1.32. The number of anilines is 1. The average Bonchev–Trinajstić information content (AvgIpc) is 2.34. The largest absolute Gasteiger partial charge is 0.321 e. The van der Waals surface area contributed by atoms with Crippen molar-refractivity contribution in [3.8, 4) is 0 Å². The number of fused-ring (bicyclic) bond motifs is 1. The Labute approximate surface area is 106 Å². The Morgan fingerprint density at radius 3 is 3.00 bits per heavy atom. The van der Waals surface area contributed by atoms with Gasteiger partial charge in [0.05, 0.1) is 11.2 Å². The van der Waals surface area contributed by atoms with Crippen molar-refractivity contribution in [2.24, 2.45) is 0 Å². The summed E-state index contributed by atoms with van der Waals surface area (Å²) in [6.45, 7) is 3.12. The average molecular weight is 250 g/mol. The van der Waals surface area contributed by atoms with Gasteiger partial charge in [-0.05, 0) is 30.7 Å². The number of hydrogen-bond acceptors (Lipinski definition) is 3. The van der Waals surface area contributed by atoms with Crippen LogP contribution >= 0.6 is 11.6 Å². The molecular weight excluding hydrogens is 234 g/mol. The van der Waals surface area contributed by atoms with Crippen LogP contribution in [0.4, 0.5) is 5.69 Å². The molecule has 0 fully saturated rings. The highest BCUT2D eigenvalue weighted by Gasteiger charge is 2.01. The van der Waals surface area contributed by atoms with Crippen molar-refractivity contribution in [1.29, 1.82) is 0 Å². The topological polar surface area (TPSA) is 37.0 Å². The van der Waals surface area contributed by atoms with Crippen molar-refractivity contribution in [3.05, 3.63) is 35.5 Å². The molecule has 90 valence electrons. The number of halogens is 1. The number of pyridine rings is 1. The normalized spacial score (nSPS) is 10.7. The lowest BCUT2D eigenvalue weighted by molar-refractivity contribution is 0.704. The summed E-state index contributed by atoms with van der Waals surface area (Å²) in [7, 11) is 0. The van der Waals surface area contributed by atoms with Crippen LogP contribution in [-0.2, 0) is 0 Å². The van der Waals surface area contributed by atoms with Crippen molar-refractivity contribution in [1.82, 2.24) is 10.4 Å². The van der Waals surface area contributed by atoms with E-state index in [1.54, 1.807) is 6.20 Å². The molecule has 0 aliphatic carbocycles. The van der Waals surface area contributed by atoms with E-state index in [0.717, 1.165) is 29.6 Å². The molecule has 0 atom stereocenters. The lowest BCUT2D eigenvalue weighted by atomic mass is 10.2. The second-order valence-electron chi connectivity index (χ2n) is 3.93. The molecule has 2 rings (SSSR count). The van der Waals surface area contributed by atoms with Crippen molar-refractivity contribution in [2.75, 3.05) is 12.0 Å². The van der Waals surface area contributed by atoms with Crippen LogP contribution in [0.15, 0.2) is 30.5 Å². The molecule has 4 heteroatoms. The smallest absolute Gasteiger partial charge is 0.0738 e. The summed E-state index contributed by atoms with van der Waals surface area (Å²) in [5.74, 6) is 0. The molecule has 2 N–H and O–H groups in total. The number of benzene rings is 1.